The van der Waals surface area contributed by atoms with E-state index in [1.807, 2.05) is 18.7 Å². The zero-order valence-corrected chi connectivity index (χ0v) is 15.2. The monoisotopic (exact) mass is 370 g/mol. The number of ether oxygens (including phenoxy) is 2. The van der Waals surface area contributed by atoms with Crippen molar-refractivity contribution in [1.82, 2.24) is 4.90 Å². The minimum absolute atomic E-state index is 0.0659. The van der Waals surface area contributed by atoms with Crippen molar-refractivity contribution >= 4 is 12.1 Å². The molecule has 0 saturated carbocycles. The molecule has 1 aliphatic heterocycles. The van der Waals surface area contributed by atoms with Crippen LogP contribution in [-0.2, 0) is 9.63 Å². The number of benzene rings is 1. The highest BCUT2D eigenvalue weighted by atomic mass is 19.3. The number of carbonyl (C=O) groups is 1. The third kappa shape index (κ3) is 5.31. The molecule has 8 heteroatoms. The molecule has 1 aromatic rings. The van der Waals surface area contributed by atoms with Crippen molar-refractivity contribution in [2.24, 2.45) is 5.16 Å². The van der Waals surface area contributed by atoms with E-state index in [4.69, 9.17) is 9.57 Å². The van der Waals surface area contributed by atoms with Crippen LogP contribution in [0.2, 0.25) is 0 Å². The van der Waals surface area contributed by atoms with Gasteiger partial charge in [-0.25, -0.2) is 0 Å². The number of halogens is 2. The number of carbonyl (C=O) groups excluding carboxylic acids is 1. The van der Waals surface area contributed by atoms with Crippen LogP contribution in [0.1, 0.15) is 38.7 Å². The lowest BCUT2D eigenvalue weighted by atomic mass is 9.97. The number of hydrogen-bond donors (Lipinski definition) is 0. The van der Waals surface area contributed by atoms with Gasteiger partial charge >= 0.3 is 6.61 Å². The highest BCUT2D eigenvalue weighted by Crippen LogP contribution is 2.29. The molecule has 0 aliphatic carbocycles. The number of rotatable bonds is 7. The molecular weight excluding hydrogens is 346 g/mol. The number of piperidine rings is 1. The lowest BCUT2D eigenvalue weighted by Gasteiger charge is -2.38. The predicted molar refractivity (Wildman–Crippen MR) is 92.8 cm³/mol. The van der Waals surface area contributed by atoms with Crippen LogP contribution in [0.5, 0.6) is 11.5 Å². The van der Waals surface area contributed by atoms with Crippen LogP contribution >= 0.6 is 0 Å². The van der Waals surface area contributed by atoms with Gasteiger partial charge in [0.05, 0.1) is 13.3 Å². The van der Waals surface area contributed by atoms with Gasteiger partial charge in [0.25, 0.3) is 5.91 Å². The maximum Gasteiger partial charge on any atom is 0.387 e. The van der Waals surface area contributed by atoms with E-state index in [0.29, 0.717) is 5.56 Å². The SMILES string of the molecule is COc1cc(/C=N\OCC(=O)N2[C@H](C)CCC[C@@H]2C)ccc1OC(F)F. The van der Waals surface area contributed by atoms with Crippen molar-refractivity contribution in [2.45, 2.75) is 51.8 Å². The fourth-order valence-corrected chi connectivity index (χ4v) is 3.14. The molecule has 1 fully saturated rings. The van der Waals surface area contributed by atoms with Crippen molar-refractivity contribution in [2.75, 3.05) is 13.7 Å². The van der Waals surface area contributed by atoms with Gasteiger partial charge in [0, 0.05) is 17.6 Å². The van der Waals surface area contributed by atoms with E-state index in [1.54, 1.807) is 0 Å². The van der Waals surface area contributed by atoms with Crippen LogP contribution in [0.15, 0.2) is 23.4 Å². The highest BCUT2D eigenvalue weighted by molar-refractivity contribution is 5.81. The molecular formula is C18H24F2N2O4. The average molecular weight is 370 g/mol. The van der Waals surface area contributed by atoms with Gasteiger partial charge in [-0.1, -0.05) is 5.16 Å². The van der Waals surface area contributed by atoms with E-state index >= 15 is 0 Å². The number of likely N-dealkylation sites (tertiary alicyclic amines) is 1. The van der Waals surface area contributed by atoms with E-state index < -0.39 is 6.61 Å². The van der Waals surface area contributed by atoms with E-state index in [0.717, 1.165) is 19.3 Å². The molecule has 0 spiro atoms. The fraction of sp³-hybridized carbons (Fsp3) is 0.556. The van der Waals surface area contributed by atoms with Gasteiger partial charge in [-0.15, -0.1) is 0 Å². The fourth-order valence-electron chi connectivity index (χ4n) is 3.14. The number of hydrogen-bond acceptors (Lipinski definition) is 5. The minimum atomic E-state index is -2.93. The van der Waals surface area contributed by atoms with Crippen molar-refractivity contribution in [1.29, 1.82) is 0 Å². The summed E-state index contributed by atoms with van der Waals surface area (Å²) in [4.78, 5) is 19.2. The van der Waals surface area contributed by atoms with Crippen LogP contribution in [0.25, 0.3) is 0 Å². The quantitative estimate of drug-likeness (QED) is 0.545. The van der Waals surface area contributed by atoms with Gasteiger partial charge in [-0.2, -0.15) is 8.78 Å². The van der Waals surface area contributed by atoms with Gasteiger partial charge in [-0.3, -0.25) is 4.79 Å². The lowest BCUT2D eigenvalue weighted by Crippen LogP contribution is -2.48. The molecule has 2 atom stereocenters. The largest absolute Gasteiger partial charge is 0.493 e. The molecule has 0 N–H and O–H groups in total. The molecule has 1 aromatic carbocycles. The molecule has 26 heavy (non-hydrogen) atoms. The summed E-state index contributed by atoms with van der Waals surface area (Å²) in [6, 6.07) is 4.77. The van der Waals surface area contributed by atoms with E-state index in [2.05, 4.69) is 9.89 Å². The molecule has 1 aliphatic rings. The van der Waals surface area contributed by atoms with Crippen LogP contribution < -0.4 is 9.47 Å². The number of methoxy groups -OCH3 is 1. The number of oxime groups is 1. The Labute approximate surface area is 151 Å². The first-order chi connectivity index (χ1) is 12.4. The maximum atomic E-state index is 12.3. The van der Waals surface area contributed by atoms with Crippen molar-refractivity contribution in [3.8, 4) is 11.5 Å². The molecule has 0 aromatic heterocycles. The summed E-state index contributed by atoms with van der Waals surface area (Å²) in [5, 5.41) is 3.78. The van der Waals surface area contributed by atoms with Crippen molar-refractivity contribution in [3.05, 3.63) is 23.8 Å². The normalized spacial score (nSPS) is 20.5. The van der Waals surface area contributed by atoms with Gasteiger partial charge in [0.1, 0.15) is 0 Å². The van der Waals surface area contributed by atoms with Crippen molar-refractivity contribution in [3.63, 3.8) is 0 Å². The Morgan fingerprint density at radius 2 is 2.00 bits per heavy atom. The van der Waals surface area contributed by atoms with Gasteiger partial charge in [-0.05, 0) is 51.3 Å². The number of amides is 1. The molecule has 1 saturated heterocycles. The van der Waals surface area contributed by atoms with Crippen LogP contribution in [0.4, 0.5) is 8.78 Å². The summed E-state index contributed by atoms with van der Waals surface area (Å²) < 4.78 is 34.0. The molecule has 6 nitrogen and oxygen atoms in total. The van der Waals surface area contributed by atoms with Crippen LogP contribution in [0, 0.1) is 0 Å². The first-order valence-corrected chi connectivity index (χ1v) is 8.51. The summed E-state index contributed by atoms with van der Waals surface area (Å²) in [6.45, 7) is 0.991. The molecule has 1 heterocycles. The van der Waals surface area contributed by atoms with E-state index in [-0.39, 0.29) is 36.1 Å². The Balaban J connectivity index is 1.91. The van der Waals surface area contributed by atoms with E-state index in [9.17, 15) is 13.6 Å². The molecule has 0 unspecified atom stereocenters. The first-order valence-electron chi connectivity index (χ1n) is 8.51. The zero-order chi connectivity index (χ0) is 19.1. The highest BCUT2D eigenvalue weighted by Gasteiger charge is 2.28. The van der Waals surface area contributed by atoms with Crippen molar-refractivity contribution < 1.29 is 27.9 Å². The summed E-state index contributed by atoms with van der Waals surface area (Å²) in [7, 11) is 1.35. The summed E-state index contributed by atoms with van der Waals surface area (Å²) >= 11 is 0. The smallest absolute Gasteiger partial charge is 0.387 e. The lowest BCUT2D eigenvalue weighted by molar-refractivity contribution is -0.142. The predicted octanol–water partition coefficient (Wildman–Crippen LogP) is 3.44. The van der Waals surface area contributed by atoms with Crippen LogP contribution in [-0.4, -0.2) is 49.4 Å². The Kier molecular flexibility index (Phi) is 7.17. The van der Waals surface area contributed by atoms with Gasteiger partial charge in [0.15, 0.2) is 18.1 Å². The third-order valence-electron chi connectivity index (χ3n) is 4.35. The van der Waals surface area contributed by atoms with Gasteiger partial charge in [0.2, 0.25) is 0 Å². The molecule has 144 valence electrons. The van der Waals surface area contributed by atoms with Crippen LogP contribution in [0.3, 0.4) is 0 Å². The Hall–Kier alpha value is -2.38. The second-order valence-corrected chi connectivity index (χ2v) is 6.23. The third-order valence-corrected chi connectivity index (χ3v) is 4.35. The Morgan fingerprint density at radius 3 is 2.62 bits per heavy atom. The standard InChI is InChI=1S/C18H24F2N2O4/c1-12-5-4-6-13(2)22(12)17(23)11-25-21-10-14-7-8-15(26-18(19)20)16(9-14)24-3/h7-10,12-13,18H,4-6,11H2,1-3H3/b21-10-/t12-,13+. The molecule has 2 rings (SSSR count). The zero-order valence-electron chi connectivity index (χ0n) is 15.2. The minimum Gasteiger partial charge on any atom is -0.493 e. The molecule has 0 radical (unpaired) electrons. The molecule has 1 amide bonds. The topological polar surface area (TPSA) is 60.4 Å². The second kappa shape index (κ2) is 9.35. The maximum absolute atomic E-state index is 12.3. The molecule has 0 bridgehead atoms. The Bertz CT molecular complexity index is 630. The average Bonchev–Trinajstić information content (AvgIpc) is 2.59. The number of nitrogens with zero attached hydrogens (tertiary/aromatic N) is 2. The van der Waals surface area contributed by atoms with E-state index in [1.165, 1.54) is 31.5 Å². The summed E-state index contributed by atoms with van der Waals surface area (Å²) in [5.41, 5.74) is 0.565. The summed E-state index contributed by atoms with van der Waals surface area (Å²) in [5.74, 6) is -0.00905. The second-order valence-electron chi connectivity index (χ2n) is 6.23. The summed E-state index contributed by atoms with van der Waals surface area (Å²) in [6.07, 6.45) is 4.49. The Morgan fingerprint density at radius 1 is 1.31 bits per heavy atom. The number of alkyl halides is 2. The van der Waals surface area contributed by atoms with Gasteiger partial charge < -0.3 is 19.2 Å². The first kappa shape index (κ1) is 19.9.